The number of amides is 1. The van der Waals surface area contributed by atoms with Gasteiger partial charge in [-0.05, 0) is 35.2 Å². The first-order chi connectivity index (χ1) is 14.2. The Labute approximate surface area is 174 Å². The average Bonchev–Trinajstić information content (AvgIpc) is 3.12. The van der Waals surface area contributed by atoms with Gasteiger partial charge in [-0.15, -0.1) is 11.3 Å². The second kappa shape index (κ2) is 7.54. The number of ether oxygens (including phenoxy) is 1. The Kier molecular flexibility index (Phi) is 4.73. The minimum atomic E-state index is -0.221. The third-order valence-corrected chi connectivity index (χ3v) is 6.76. The van der Waals surface area contributed by atoms with E-state index in [2.05, 4.69) is 45.9 Å². The van der Waals surface area contributed by atoms with Gasteiger partial charge in [-0.2, -0.15) is 0 Å². The molecule has 2 aromatic carbocycles. The van der Waals surface area contributed by atoms with Gasteiger partial charge in [-0.3, -0.25) is 9.69 Å². The van der Waals surface area contributed by atoms with Crippen molar-refractivity contribution in [3.05, 3.63) is 81.7 Å². The van der Waals surface area contributed by atoms with E-state index in [1.165, 1.54) is 16.0 Å². The molecule has 3 aromatic rings. The predicted molar refractivity (Wildman–Crippen MR) is 115 cm³/mol. The summed E-state index contributed by atoms with van der Waals surface area (Å²) < 4.78 is 5.23. The Morgan fingerprint density at radius 2 is 1.90 bits per heavy atom. The number of benzene rings is 2. The van der Waals surface area contributed by atoms with Gasteiger partial charge in [-0.25, -0.2) is 0 Å². The van der Waals surface area contributed by atoms with Crippen molar-refractivity contribution >= 4 is 22.2 Å². The summed E-state index contributed by atoms with van der Waals surface area (Å²) in [4.78, 5) is 16.7. The fourth-order valence-electron chi connectivity index (χ4n) is 4.11. The third kappa shape index (κ3) is 3.50. The minimum Gasteiger partial charge on any atom is -0.497 e. The smallest absolute Gasteiger partial charge is 0.256 e. The number of rotatable bonds is 4. The second-order valence-corrected chi connectivity index (χ2v) is 8.58. The summed E-state index contributed by atoms with van der Waals surface area (Å²) in [5.74, 6) is 0.829. The van der Waals surface area contributed by atoms with Gasteiger partial charge in [0.25, 0.3) is 5.91 Å². The summed E-state index contributed by atoms with van der Waals surface area (Å²) >= 11 is 1.72. The normalized spacial score (nSPS) is 18.4. The zero-order chi connectivity index (χ0) is 19.8. The van der Waals surface area contributed by atoms with Gasteiger partial charge in [0, 0.05) is 24.5 Å². The summed E-state index contributed by atoms with van der Waals surface area (Å²) in [6.07, 6.45) is 0.692. The molecule has 0 bridgehead atoms. The van der Waals surface area contributed by atoms with Crippen LogP contribution in [0, 0.1) is 0 Å². The molecule has 2 aliphatic rings. The first-order valence-corrected chi connectivity index (χ1v) is 10.6. The number of hydrogen-bond acceptors (Lipinski definition) is 5. The predicted octanol–water partition coefficient (Wildman–Crippen LogP) is 4.17. The number of thiophene rings is 1. The van der Waals surface area contributed by atoms with Gasteiger partial charge in [0.1, 0.15) is 16.9 Å². The van der Waals surface area contributed by atoms with Crippen molar-refractivity contribution in [1.29, 1.82) is 0 Å². The van der Waals surface area contributed by atoms with Crippen molar-refractivity contribution in [3.63, 3.8) is 0 Å². The van der Waals surface area contributed by atoms with Crippen LogP contribution in [-0.2, 0) is 19.5 Å². The lowest BCUT2D eigenvalue weighted by molar-refractivity contribution is 0.0934. The first kappa shape index (κ1) is 18.2. The quantitative estimate of drug-likeness (QED) is 0.684. The lowest BCUT2D eigenvalue weighted by atomic mass is 10.00. The van der Waals surface area contributed by atoms with E-state index in [1.807, 2.05) is 24.3 Å². The van der Waals surface area contributed by atoms with Gasteiger partial charge >= 0.3 is 0 Å². The van der Waals surface area contributed by atoms with Crippen molar-refractivity contribution in [3.8, 4) is 5.75 Å². The summed E-state index contributed by atoms with van der Waals surface area (Å²) in [6, 6.07) is 18.4. The molecule has 1 amide bonds. The molecule has 0 saturated carbocycles. The highest BCUT2D eigenvalue weighted by Gasteiger charge is 2.33. The van der Waals surface area contributed by atoms with Crippen LogP contribution in [0.2, 0.25) is 0 Å². The van der Waals surface area contributed by atoms with Crippen LogP contribution in [0.3, 0.4) is 0 Å². The fraction of sp³-hybridized carbons (Fsp3) is 0.261. The van der Waals surface area contributed by atoms with Gasteiger partial charge in [0.15, 0.2) is 0 Å². The standard InChI is InChI=1S/C23H23N3O2S/c1-28-17-9-7-16(8-10-17)21-24-22(27)20-18-11-12-26(13-15-5-3-2-4-6-15)14-19(18)29-23(20)25-21/h2-10,21,25H,11-14H2,1H3,(H,24,27). The molecule has 148 valence electrons. The summed E-state index contributed by atoms with van der Waals surface area (Å²) in [7, 11) is 1.65. The molecule has 0 aliphatic carbocycles. The SMILES string of the molecule is COc1ccc(C2NC(=O)c3c(sc4c3CCN(Cc3ccccc3)C4)N2)cc1. The Hall–Kier alpha value is -2.83. The Morgan fingerprint density at radius 1 is 1.10 bits per heavy atom. The van der Waals surface area contributed by atoms with E-state index >= 15 is 0 Å². The molecule has 2 N–H and O–H groups in total. The fourth-order valence-corrected chi connectivity index (χ4v) is 5.42. The molecule has 6 heteroatoms. The number of nitrogens with zero attached hydrogens (tertiary/aromatic N) is 1. The lowest BCUT2D eigenvalue weighted by Gasteiger charge is -2.28. The van der Waals surface area contributed by atoms with Crippen LogP contribution in [-0.4, -0.2) is 24.5 Å². The van der Waals surface area contributed by atoms with Gasteiger partial charge in [0.2, 0.25) is 0 Å². The van der Waals surface area contributed by atoms with E-state index in [9.17, 15) is 4.79 Å². The highest BCUT2D eigenvalue weighted by molar-refractivity contribution is 7.16. The van der Waals surface area contributed by atoms with Crippen LogP contribution in [0.25, 0.3) is 0 Å². The molecular weight excluding hydrogens is 382 g/mol. The van der Waals surface area contributed by atoms with E-state index in [4.69, 9.17) is 4.74 Å². The molecule has 5 rings (SSSR count). The van der Waals surface area contributed by atoms with E-state index in [-0.39, 0.29) is 12.1 Å². The Balaban J connectivity index is 1.36. The molecule has 5 nitrogen and oxygen atoms in total. The zero-order valence-corrected chi connectivity index (χ0v) is 17.1. The maximum atomic E-state index is 12.9. The largest absolute Gasteiger partial charge is 0.497 e. The minimum absolute atomic E-state index is 0.0218. The van der Waals surface area contributed by atoms with E-state index in [1.54, 1.807) is 18.4 Å². The first-order valence-electron chi connectivity index (χ1n) is 9.83. The number of fused-ring (bicyclic) bond motifs is 3. The molecule has 1 aromatic heterocycles. The number of carbonyl (C=O) groups is 1. The van der Waals surface area contributed by atoms with Gasteiger partial charge in [0.05, 0.1) is 12.7 Å². The molecule has 3 heterocycles. The van der Waals surface area contributed by atoms with Gasteiger partial charge < -0.3 is 15.4 Å². The molecule has 1 unspecified atom stereocenters. The van der Waals surface area contributed by atoms with Crippen LogP contribution in [0.1, 0.15) is 38.1 Å². The van der Waals surface area contributed by atoms with Crippen LogP contribution in [0.5, 0.6) is 5.75 Å². The molecular formula is C23H23N3O2S. The van der Waals surface area contributed by atoms with E-state index < -0.39 is 0 Å². The second-order valence-electron chi connectivity index (χ2n) is 7.48. The maximum Gasteiger partial charge on any atom is 0.256 e. The van der Waals surface area contributed by atoms with E-state index in [0.29, 0.717) is 0 Å². The third-order valence-electron chi connectivity index (χ3n) is 5.61. The van der Waals surface area contributed by atoms with Crippen molar-refractivity contribution in [2.24, 2.45) is 0 Å². The Morgan fingerprint density at radius 3 is 2.66 bits per heavy atom. The van der Waals surface area contributed by atoms with Crippen molar-refractivity contribution in [1.82, 2.24) is 10.2 Å². The summed E-state index contributed by atoms with van der Waals surface area (Å²) in [6.45, 7) is 2.81. The summed E-state index contributed by atoms with van der Waals surface area (Å²) in [5.41, 5.74) is 4.40. The number of nitrogens with one attached hydrogen (secondary N) is 2. The van der Waals surface area contributed by atoms with Crippen molar-refractivity contribution in [2.45, 2.75) is 25.7 Å². The van der Waals surface area contributed by atoms with Crippen molar-refractivity contribution in [2.75, 3.05) is 19.0 Å². The number of hydrogen-bond donors (Lipinski definition) is 2. The molecule has 0 saturated heterocycles. The van der Waals surface area contributed by atoms with E-state index in [0.717, 1.165) is 47.9 Å². The topological polar surface area (TPSA) is 53.6 Å². The molecule has 1 atom stereocenters. The summed E-state index contributed by atoms with van der Waals surface area (Å²) in [5, 5.41) is 7.63. The number of anilines is 1. The van der Waals surface area contributed by atoms with Crippen molar-refractivity contribution < 1.29 is 9.53 Å². The van der Waals surface area contributed by atoms with Gasteiger partial charge in [-0.1, -0.05) is 42.5 Å². The molecule has 2 aliphatic heterocycles. The number of carbonyl (C=O) groups excluding carboxylic acids is 1. The average molecular weight is 406 g/mol. The van der Waals surface area contributed by atoms with Crippen LogP contribution < -0.4 is 15.4 Å². The highest BCUT2D eigenvalue weighted by atomic mass is 32.1. The Bertz CT molecular complexity index is 1030. The molecule has 0 fully saturated rings. The van der Waals surface area contributed by atoms with Crippen LogP contribution in [0.15, 0.2) is 54.6 Å². The molecule has 0 spiro atoms. The monoisotopic (exact) mass is 405 g/mol. The number of methoxy groups -OCH3 is 1. The molecule has 0 radical (unpaired) electrons. The van der Waals surface area contributed by atoms with Crippen LogP contribution in [0.4, 0.5) is 5.00 Å². The molecule has 29 heavy (non-hydrogen) atoms. The zero-order valence-electron chi connectivity index (χ0n) is 16.3. The highest BCUT2D eigenvalue weighted by Crippen LogP contribution is 2.41. The lowest BCUT2D eigenvalue weighted by Crippen LogP contribution is -2.38. The van der Waals surface area contributed by atoms with Crippen LogP contribution >= 0.6 is 11.3 Å². The maximum absolute atomic E-state index is 12.9.